The van der Waals surface area contributed by atoms with E-state index in [9.17, 15) is 4.79 Å². The molecule has 1 aromatic carbocycles. The number of anilines is 1. The van der Waals surface area contributed by atoms with Crippen molar-refractivity contribution in [2.45, 2.75) is 19.4 Å². The molecule has 2 unspecified atom stereocenters. The number of carbonyl (C=O) groups is 1. The molecule has 2 atom stereocenters. The monoisotopic (exact) mass is 274 g/mol. The first-order chi connectivity index (χ1) is 9.70. The van der Waals surface area contributed by atoms with Gasteiger partial charge in [0.25, 0.3) is 5.91 Å². The van der Waals surface area contributed by atoms with E-state index in [0.29, 0.717) is 30.4 Å². The van der Waals surface area contributed by atoms with Crippen LogP contribution in [-0.2, 0) is 14.3 Å². The minimum atomic E-state index is -0.553. The summed E-state index contributed by atoms with van der Waals surface area (Å²) in [7, 11) is 0. The van der Waals surface area contributed by atoms with E-state index in [2.05, 4.69) is 5.32 Å². The van der Waals surface area contributed by atoms with Crippen molar-refractivity contribution in [3.05, 3.63) is 29.8 Å². The number of rotatable bonds is 5. The van der Waals surface area contributed by atoms with E-state index in [1.165, 1.54) is 0 Å². The van der Waals surface area contributed by atoms with Gasteiger partial charge < -0.3 is 14.8 Å². The number of hydrogen-bond acceptors (Lipinski definition) is 4. The van der Waals surface area contributed by atoms with Gasteiger partial charge in [0.15, 0.2) is 0 Å². The summed E-state index contributed by atoms with van der Waals surface area (Å²) in [6.07, 6.45) is 0.424. The first-order valence-electron chi connectivity index (χ1n) is 6.70. The number of carbonyl (C=O) groups excluding carboxylic acids is 1. The van der Waals surface area contributed by atoms with Crippen LogP contribution >= 0.6 is 0 Å². The molecule has 5 nitrogen and oxygen atoms in total. The SMILES string of the molecule is CC(OCC1CCOC1)C(=O)Nc1ccccc1C#N. The number of nitriles is 1. The minimum Gasteiger partial charge on any atom is -0.381 e. The van der Waals surface area contributed by atoms with Gasteiger partial charge in [-0.2, -0.15) is 5.26 Å². The number of benzene rings is 1. The van der Waals surface area contributed by atoms with Gasteiger partial charge in [-0.1, -0.05) is 12.1 Å². The van der Waals surface area contributed by atoms with Crippen LogP contribution in [0.3, 0.4) is 0 Å². The standard InChI is InChI=1S/C15H18N2O3/c1-11(20-10-12-6-7-19-9-12)15(18)17-14-5-3-2-4-13(14)8-16/h2-5,11-12H,6-7,9-10H2,1H3,(H,17,18). The average Bonchev–Trinajstić information content (AvgIpc) is 2.98. The lowest BCUT2D eigenvalue weighted by Crippen LogP contribution is -2.29. The Kier molecular flexibility index (Phi) is 5.10. The van der Waals surface area contributed by atoms with Crippen LogP contribution < -0.4 is 5.32 Å². The molecule has 1 saturated heterocycles. The van der Waals surface area contributed by atoms with E-state index in [1.807, 2.05) is 6.07 Å². The number of ether oxygens (including phenoxy) is 2. The van der Waals surface area contributed by atoms with Crippen LogP contribution in [0.25, 0.3) is 0 Å². The van der Waals surface area contributed by atoms with Gasteiger partial charge in [-0.05, 0) is 25.5 Å². The highest BCUT2D eigenvalue weighted by Crippen LogP contribution is 2.16. The number of nitrogens with zero attached hydrogens (tertiary/aromatic N) is 1. The largest absolute Gasteiger partial charge is 0.381 e. The molecule has 1 fully saturated rings. The molecule has 0 radical (unpaired) electrons. The second kappa shape index (κ2) is 7.04. The fourth-order valence-electron chi connectivity index (χ4n) is 1.99. The van der Waals surface area contributed by atoms with Gasteiger partial charge in [-0.3, -0.25) is 4.79 Å². The Morgan fingerprint density at radius 1 is 1.60 bits per heavy atom. The Balaban J connectivity index is 1.85. The summed E-state index contributed by atoms with van der Waals surface area (Å²) in [5, 5.41) is 11.7. The zero-order valence-electron chi connectivity index (χ0n) is 11.5. The summed E-state index contributed by atoms with van der Waals surface area (Å²) >= 11 is 0. The summed E-state index contributed by atoms with van der Waals surface area (Å²) in [4.78, 5) is 12.0. The van der Waals surface area contributed by atoms with Crippen molar-refractivity contribution in [3.63, 3.8) is 0 Å². The third-order valence-electron chi connectivity index (χ3n) is 3.28. The number of nitrogens with one attached hydrogen (secondary N) is 1. The van der Waals surface area contributed by atoms with Gasteiger partial charge in [-0.15, -0.1) is 0 Å². The quantitative estimate of drug-likeness (QED) is 0.890. The van der Waals surface area contributed by atoms with Crippen molar-refractivity contribution < 1.29 is 14.3 Å². The Bertz CT molecular complexity index is 504. The first kappa shape index (κ1) is 14.5. The van der Waals surface area contributed by atoms with Crippen LogP contribution in [0.1, 0.15) is 18.9 Å². The number of hydrogen-bond donors (Lipinski definition) is 1. The molecule has 20 heavy (non-hydrogen) atoms. The lowest BCUT2D eigenvalue weighted by Gasteiger charge is -2.16. The fraction of sp³-hybridized carbons (Fsp3) is 0.467. The molecule has 1 aromatic rings. The smallest absolute Gasteiger partial charge is 0.253 e. The highest BCUT2D eigenvalue weighted by Gasteiger charge is 2.20. The molecule has 0 saturated carbocycles. The predicted molar refractivity (Wildman–Crippen MR) is 74.1 cm³/mol. The fourth-order valence-corrected chi connectivity index (χ4v) is 1.99. The lowest BCUT2D eigenvalue weighted by atomic mass is 10.1. The van der Waals surface area contributed by atoms with E-state index in [4.69, 9.17) is 14.7 Å². The molecule has 0 bridgehead atoms. The van der Waals surface area contributed by atoms with Gasteiger partial charge >= 0.3 is 0 Å². The molecule has 2 rings (SSSR count). The van der Waals surface area contributed by atoms with Crippen molar-refractivity contribution in [1.29, 1.82) is 5.26 Å². The van der Waals surface area contributed by atoms with Gasteiger partial charge in [0.05, 0.1) is 24.5 Å². The van der Waals surface area contributed by atoms with Crippen LogP contribution in [-0.4, -0.2) is 31.8 Å². The molecule has 0 aliphatic carbocycles. The first-order valence-corrected chi connectivity index (χ1v) is 6.70. The Hall–Kier alpha value is -1.90. The molecule has 0 aromatic heterocycles. The van der Waals surface area contributed by atoms with E-state index < -0.39 is 6.10 Å². The van der Waals surface area contributed by atoms with Crippen LogP contribution in [0, 0.1) is 17.2 Å². The summed E-state index contributed by atoms with van der Waals surface area (Å²) in [6, 6.07) is 8.94. The van der Waals surface area contributed by atoms with Crippen LogP contribution in [0.5, 0.6) is 0 Å². The molecule has 1 aliphatic rings. The molecule has 1 amide bonds. The van der Waals surface area contributed by atoms with Crippen molar-refractivity contribution in [2.24, 2.45) is 5.92 Å². The van der Waals surface area contributed by atoms with Crippen molar-refractivity contribution >= 4 is 11.6 Å². The van der Waals surface area contributed by atoms with Crippen LogP contribution in [0.4, 0.5) is 5.69 Å². The summed E-state index contributed by atoms with van der Waals surface area (Å²) in [5.74, 6) is 0.128. The van der Waals surface area contributed by atoms with Gasteiger partial charge in [0, 0.05) is 12.5 Å². The highest BCUT2D eigenvalue weighted by atomic mass is 16.5. The zero-order valence-corrected chi connectivity index (χ0v) is 11.5. The molecular weight excluding hydrogens is 256 g/mol. The molecule has 5 heteroatoms. The normalized spacial score (nSPS) is 19.3. The van der Waals surface area contributed by atoms with Crippen molar-refractivity contribution in [1.82, 2.24) is 0 Å². The van der Waals surface area contributed by atoms with Crippen molar-refractivity contribution in [3.8, 4) is 6.07 Å². The van der Waals surface area contributed by atoms with Gasteiger partial charge in [0.1, 0.15) is 12.2 Å². The zero-order chi connectivity index (χ0) is 14.4. The number of amides is 1. The Morgan fingerprint density at radius 3 is 3.10 bits per heavy atom. The highest BCUT2D eigenvalue weighted by molar-refractivity contribution is 5.95. The molecule has 106 valence electrons. The lowest BCUT2D eigenvalue weighted by molar-refractivity contribution is -0.127. The van der Waals surface area contributed by atoms with Crippen LogP contribution in [0.2, 0.25) is 0 Å². The van der Waals surface area contributed by atoms with E-state index >= 15 is 0 Å². The van der Waals surface area contributed by atoms with E-state index in [-0.39, 0.29) is 5.91 Å². The second-order valence-corrected chi connectivity index (χ2v) is 4.85. The summed E-state index contributed by atoms with van der Waals surface area (Å²) in [6.45, 7) is 3.70. The predicted octanol–water partition coefficient (Wildman–Crippen LogP) is 1.94. The third kappa shape index (κ3) is 3.80. The number of para-hydroxylation sites is 1. The van der Waals surface area contributed by atoms with Crippen LogP contribution in [0.15, 0.2) is 24.3 Å². The molecular formula is C15H18N2O3. The Labute approximate surface area is 118 Å². The van der Waals surface area contributed by atoms with E-state index in [0.717, 1.165) is 13.0 Å². The summed E-state index contributed by atoms with van der Waals surface area (Å²) in [5.41, 5.74) is 0.955. The van der Waals surface area contributed by atoms with E-state index in [1.54, 1.807) is 31.2 Å². The maximum atomic E-state index is 12.0. The summed E-state index contributed by atoms with van der Waals surface area (Å²) < 4.78 is 10.8. The minimum absolute atomic E-state index is 0.244. The molecule has 1 heterocycles. The maximum absolute atomic E-state index is 12.0. The second-order valence-electron chi connectivity index (χ2n) is 4.85. The molecule has 1 N–H and O–H groups in total. The third-order valence-corrected chi connectivity index (χ3v) is 3.28. The molecule has 1 aliphatic heterocycles. The average molecular weight is 274 g/mol. The molecule has 0 spiro atoms. The van der Waals surface area contributed by atoms with Crippen molar-refractivity contribution in [2.75, 3.05) is 25.1 Å². The topological polar surface area (TPSA) is 71.3 Å². The maximum Gasteiger partial charge on any atom is 0.253 e. The van der Waals surface area contributed by atoms with Gasteiger partial charge in [0.2, 0.25) is 0 Å². The van der Waals surface area contributed by atoms with Gasteiger partial charge in [-0.25, -0.2) is 0 Å². The Morgan fingerprint density at radius 2 is 2.40 bits per heavy atom.